The Bertz CT molecular complexity index is 413. The molecule has 0 atom stereocenters. The number of anilines is 1. The number of benzene rings is 1. The number of aliphatic hydroxyl groups is 1. The van der Waals surface area contributed by atoms with Crippen LogP contribution in [-0.4, -0.2) is 42.4 Å². The molecule has 1 aromatic carbocycles. The van der Waals surface area contributed by atoms with E-state index < -0.39 is 4.92 Å². The van der Waals surface area contributed by atoms with Gasteiger partial charge in [-0.1, -0.05) is 0 Å². The molecule has 2 rings (SSSR count). The molecule has 1 fully saturated rings. The highest BCUT2D eigenvalue weighted by atomic mass is 16.6. The fourth-order valence-corrected chi connectivity index (χ4v) is 2.29. The summed E-state index contributed by atoms with van der Waals surface area (Å²) in [6.07, 6.45) is 2.04. The lowest BCUT2D eigenvalue weighted by Gasteiger charge is -2.33. The number of ether oxygens (including phenoxy) is 1. The van der Waals surface area contributed by atoms with Gasteiger partial charge in [-0.15, -0.1) is 0 Å². The highest BCUT2D eigenvalue weighted by Crippen LogP contribution is 2.23. The lowest BCUT2D eigenvalue weighted by molar-refractivity contribution is -0.384. The van der Waals surface area contributed by atoms with Gasteiger partial charge in [-0.2, -0.15) is 0 Å². The van der Waals surface area contributed by atoms with Crippen LogP contribution in [0.5, 0.6) is 0 Å². The molecule has 0 unspecified atom stereocenters. The van der Waals surface area contributed by atoms with Crippen molar-refractivity contribution in [2.24, 2.45) is 0 Å². The van der Waals surface area contributed by atoms with Crippen LogP contribution in [0.25, 0.3) is 0 Å². The van der Waals surface area contributed by atoms with Gasteiger partial charge in [-0.25, -0.2) is 0 Å². The molecule has 6 nitrogen and oxygen atoms in total. The minimum atomic E-state index is -0.390. The number of aliphatic hydroxyl groups excluding tert-OH is 1. The summed E-state index contributed by atoms with van der Waals surface area (Å²) in [7, 11) is 0. The third kappa shape index (κ3) is 3.65. The summed E-state index contributed by atoms with van der Waals surface area (Å²) in [5.41, 5.74) is 1.12. The molecule has 1 aliphatic heterocycles. The molecule has 0 spiro atoms. The van der Waals surface area contributed by atoms with E-state index in [1.54, 1.807) is 12.1 Å². The first-order valence-electron chi connectivity index (χ1n) is 6.42. The Morgan fingerprint density at radius 3 is 2.47 bits per heavy atom. The molecular weight excluding hydrogens is 248 g/mol. The Labute approximate surface area is 111 Å². The third-order valence-electron chi connectivity index (χ3n) is 3.31. The molecule has 1 aliphatic rings. The van der Waals surface area contributed by atoms with E-state index in [2.05, 4.69) is 4.90 Å². The number of nitrogens with zero attached hydrogens (tertiary/aromatic N) is 2. The molecular formula is C13H18N2O4. The van der Waals surface area contributed by atoms with Crippen LogP contribution in [0.4, 0.5) is 11.4 Å². The van der Waals surface area contributed by atoms with E-state index in [4.69, 9.17) is 9.84 Å². The smallest absolute Gasteiger partial charge is 0.269 e. The van der Waals surface area contributed by atoms with E-state index in [1.807, 2.05) is 0 Å². The highest BCUT2D eigenvalue weighted by molar-refractivity contribution is 5.51. The van der Waals surface area contributed by atoms with Gasteiger partial charge in [-0.3, -0.25) is 10.1 Å². The van der Waals surface area contributed by atoms with Gasteiger partial charge in [0.15, 0.2) is 0 Å². The first-order chi connectivity index (χ1) is 9.20. The van der Waals surface area contributed by atoms with Crippen molar-refractivity contribution in [3.63, 3.8) is 0 Å². The van der Waals surface area contributed by atoms with Crippen molar-refractivity contribution in [2.75, 3.05) is 31.2 Å². The summed E-state index contributed by atoms with van der Waals surface area (Å²) < 4.78 is 5.50. The lowest BCUT2D eigenvalue weighted by Crippen LogP contribution is -2.37. The molecule has 0 amide bonds. The molecule has 0 aliphatic carbocycles. The molecule has 1 heterocycles. The van der Waals surface area contributed by atoms with Crippen LogP contribution < -0.4 is 4.90 Å². The summed E-state index contributed by atoms with van der Waals surface area (Å²) in [4.78, 5) is 12.4. The van der Waals surface area contributed by atoms with Gasteiger partial charge < -0.3 is 14.7 Å². The first-order valence-corrected chi connectivity index (χ1v) is 6.42. The Morgan fingerprint density at radius 2 is 1.95 bits per heavy atom. The number of nitro groups is 1. The molecule has 1 N–H and O–H groups in total. The van der Waals surface area contributed by atoms with Gasteiger partial charge in [0, 0.05) is 30.9 Å². The molecule has 1 saturated heterocycles. The minimum absolute atomic E-state index is 0.0581. The van der Waals surface area contributed by atoms with Gasteiger partial charge in [0.25, 0.3) is 5.69 Å². The Hall–Kier alpha value is -1.66. The third-order valence-corrected chi connectivity index (χ3v) is 3.31. The topological polar surface area (TPSA) is 75.8 Å². The average Bonchev–Trinajstić information content (AvgIpc) is 2.46. The van der Waals surface area contributed by atoms with Crippen molar-refractivity contribution < 1.29 is 14.8 Å². The van der Waals surface area contributed by atoms with Crippen LogP contribution in [0.15, 0.2) is 24.3 Å². The van der Waals surface area contributed by atoms with Gasteiger partial charge in [0.1, 0.15) is 0 Å². The van der Waals surface area contributed by atoms with Crippen LogP contribution in [0.1, 0.15) is 12.8 Å². The predicted octanol–water partition coefficient (Wildman–Crippen LogP) is 1.57. The molecule has 1 aromatic rings. The number of hydrogen-bond acceptors (Lipinski definition) is 5. The predicted molar refractivity (Wildman–Crippen MR) is 71.4 cm³/mol. The first kappa shape index (κ1) is 13.8. The van der Waals surface area contributed by atoms with E-state index >= 15 is 0 Å². The summed E-state index contributed by atoms with van der Waals surface area (Å²) in [6, 6.07) is 6.63. The fourth-order valence-electron chi connectivity index (χ4n) is 2.29. The van der Waals surface area contributed by atoms with Crippen LogP contribution in [0.3, 0.4) is 0 Å². The summed E-state index contributed by atoms with van der Waals surface area (Å²) in [5, 5.41) is 19.3. The molecule has 0 saturated carbocycles. The summed E-state index contributed by atoms with van der Waals surface area (Å²) >= 11 is 0. The fraction of sp³-hybridized carbons (Fsp3) is 0.538. The summed E-state index contributed by atoms with van der Waals surface area (Å²) in [5.74, 6) is 0. The molecule has 0 bridgehead atoms. The Kier molecular flexibility index (Phi) is 4.70. The van der Waals surface area contributed by atoms with E-state index in [0.29, 0.717) is 6.61 Å². The maximum Gasteiger partial charge on any atom is 0.269 e. The van der Waals surface area contributed by atoms with Crippen LogP contribution in [0.2, 0.25) is 0 Å². The Morgan fingerprint density at radius 1 is 1.32 bits per heavy atom. The standard InChI is InChI=1S/C13H18N2O4/c16-9-10-19-13-5-7-14(8-6-13)11-1-3-12(4-2-11)15(17)18/h1-4,13,16H,5-10H2. The number of hydrogen-bond donors (Lipinski definition) is 1. The van der Waals surface area contributed by atoms with E-state index in [0.717, 1.165) is 31.6 Å². The lowest BCUT2D eigenvalue weighted by atomic mass is 10.1. The van der Waals surface area contributed by atoms with Crippen molar-refractivity contribution in [3.05, 3.63) is 34.4 Å². The van der Waals surface area contributed by atoms with E-state index in [-0.39, 0.29) is 18.4 Å². The quantitative estimate of drug-likeness (QED) is 0.646. The highest BCUT2D eigenvalue weighted by Gasteiger charge is 2.20. The van der Waals surface area contributed by atoms with Crippen LogP contribution in [0, 0.1) is 10.1 Å². The molecule has 0 radical (unpaired) electrons. The van der Waals surface area contributed by atoms with Crippen molar-refractivity contribution in [3.8, 4) is 0 Å². The van der Waals surface area contributed by atoms with Crippen LogP contribution in [-0.2, 0) is 4.74 Å². The number of rotatable bonds is 5. The van der Waals surface area contributed by atoms with Crippen LogP contribution >= 0.6 is 0 Å². The minimum Gasteiger partial charge on any atom is -0.394 e. The van der Waals surface area contributed by atoms with Crippen molar-refractivity contribution in [1.29, 1.82) is 0 Å². The van der Waals surface area contributed by atoms with Gasteiger partial charge in [0.05, 0.1) is 24.2 Å². The largest absolute Gasteiger partial charge is 0.394 e. The maximum absolute atomic E-state index is 10.6. The summed E-state index contributed by atoms with van der Waals surface area (Å²) in [6.45, 7) is 2.19. The zero-order valence-corrected chi connectivity index (χ0v) is 10.7. The van der Waals surface area contributed by atoms with Crippen molar-refractivity contribution in [2.45, 2.75) is 18.9 Å². The molecule has 6 heteroatoms. The van der Waals surface area contributed by atoms with Gasteiger partial charge in [0.2, 0.25) is 0 Å². The SMILES string of the molecule is O=[N+]([O-])c1ccc(N2CCC(OCCO)CC2)cc1. The van der Waals surface area contributed by atoms with Gasteiger partial charge >= 0.3 is 0 Å². The zero-order valence-electron chi connectivity index (χ0n) is 10.7. The normalized spacial score (nSPS) is 16.6. The second kappa shape index (κ2) is 6.49. The number of non-ortho nitro benzene ring substituents is 1. The molecule has 0 aromatic heterocycles. The zero-order chi connectivity index (χ0) is 13.7. The average molecular weight is 266 g/mol. The monoisotopic (exact) mass is 266 g/mol. The van der Waals surface area contributed by atoms with Crippen molar-refractivity contribution in [1.82, 2.24) is 0 Å². The number of nitro benzene ring substituents is 1. The number of piperidine rings is 1. The maximum atomic E-state index is 10.6. The van der Waals surface area contributed by atoms with Gasteiger partial charge in [-0.05, 0) is 25.0 Å². The van der Waals surface area contributed by atoms with E-state index in [9.17, 15) is 10.1 Å². The van der Waals surface area contributed by atoms with E-state index in [1.165, 1.54) is 12.1 Å². The molecule has 104 valence electrons. The second-order valence-electron chi connectivity index (χ2n) is 4.55. The molecule has 19 heavy (non-hydrogen) atoms. The second-order valence-corrected chi connectivity index (χ2v) is 4.55. The van der Waals surface area contributed by atoms with Crippen molar-refractivity contribution >= 4 is 11.4 Å². The Balaban J connectivity index is 1.88.